The Labute approximate surface area is 202 Å². The standard InChI is InChI=1S/C22H25ClFN7O2/c1-3-31-22(33-16-6-7-18(24)17(23)9-16)27-21(29-31)26-20-13-4-5-14(20)12-30(11-13)15-8-19(32-2)28-25-10-15/h6-10,13-14,20H,3-5,11-12H2,1-2H3,(H,26,29)/t13-,14+,20?/i1D3,3D2. The number of methoxy groups -OCH3 is 1. The van der Waals surface area contributed by atoms with Crippen LogP contribution in [0.25, 0.3) is 0 Å². The van der Waals surface area contributed by atoms with E-state index in [9.17, 15) is 4.39 Å². The van der Waals surface area contributed by atoms with E-state index < -0.39 is 25.2 Å². The lowest BCUT2D eigenvalue weighted by Gasteiger charge is -2.39. The largest absolute Gasteiger partial charge is 0.480 e. The number of halogens is 2. The number of nitrogens with one attached hydrogen (secondary N) is 1. The van der Waals surface area contributed by atoms with Gasteiger partial charge in [-0.1, -0.05) is 11.6 Å². The van der Waals surface area contributed by atoms with Gasteiger partial charge in [-0.3, -0.25) is 0 Å². The molecule has 1 aliphatic heterocycles. The number of benzene rings is 1. The van der Waals surface area contributed by atoms with E-state index in [2.05, 4.69) is 30.5 Å². The van der Waals surface area contributed by atoms with E-state index in [1.54, 1.807) is 6.20 Å². The van der Waals surface area contributed by atoms with Gasteiger partial charge < -0.3 is 19.7 Å². The summed E-state index contributed by atoms with van der Waals surface area (Å²) in [6, 6.07) is 4.95. The highest BCUT2D eigenvalue weighted by molar-refractivity contribution is 6.30. The number of fused-ring (bicyclic) bond motifs is 2. The first kappa shape index (κ1) is 16.5. The first-order valence-electron chi connectivity index (χ1n) is 12.9. The molecular formula is C22H25ClFN7O2. The van der Waals surface area contributed by atoms with Crippen LogP contribution in [0.15, 0.2) is 30.5 Å². The molecule has 2 fully saturated rings. The summed E-state index contributed by atoms with van der Waals surface area (Å²) < 4.78 is 64.5. The number of nitrogens with zero attached hydrogens (tertiary/aromatic N) is 6. The highest BCUT2D eigenvalue weighted by atomic mass is 35.5. The fourth-order valence-electron chi connectivity index (χ4n) is 4.57. The minimum Gasteiger partial charge on any atom is -0.480 e. The summed E-state index contributed by atoms with van der Waals surface area (Å²) in [6.07, 6.45) is 3.62. The molecule has 9 nitrogen and oxygen atoms in total. The zero-order valence-corrected chi connectivity index (χ0v) is 18.5. The second kappa shape index (κ2) is 9.01. The molecule has 2 aliphatic rings. The van der Waals surface area contributed by atoms with Crippen LogP contribution in [0, 0.1) is 17.7 Å². The molecule has 1 saturated heterocycles. The van der Waals surface area contributed by atoms with Crippen LogP contribution in [0.1, 0.15) is 26.5 Å². The van der Waals surface area contributed by atoms with Gasteiger partial charge in [0.05, 0.1) is 26.8 Å². The fourth-order valence-corrected chi connectivity index (χ4v) is 4.74. The average molecular weight is 479 g/mol. The van der Waals surface area contributed by atoms with Crippen LogP contribution in [0.5, 0.6) is 17.6 Å². The third-order valence-electron chi connectivity index (χ3n) is 6.11. The zero-order chi connectivity index (χ0) is 27.2. The van der Waals surface area contributed by atoms with Gasteiger partial charge in [0.1, 0.15) is 11.6 Å². The Balaban J connectivity index is 1.39. The first-order valence-corrected chi connectivity index (χ1v) is 10.8. The number of ether oxygens (including phenoxy) is 2. The molecule has 3 heterocycles. The Morgan fingerprint density at radius 1 is 1.30 bits per heavy atom. The van der Waals surface area contributed by atoms with Crippen molar-refractivity contribution >= 4 is 23.2 Å². The molecule has 2 bridgehead atoms. The van der Waals surface area contributed by atoms with Gasteiger partial charge in [0.15, 0.2) is 0 Å². The van der Waals surface area contributed by atoms with Crippen LogP contribution in [-0.2, 0) is 6.50 Å². The molecule has 1 aromatic carbocycles. The van der Waals surface area contributed by atoms with Gasteiger partial charge in [0, 0.05) is 41.9 Å². The third kappa shape index (κ3) is 4.39. The summed E-state index contributed by atoms with van der Waals surface area (Å²) in [5, 5.41) is 15.2. The average Bonchev–Trinajstić information content (AvgIpc) is 3.36. The molecule has 1 unspecified atom stereocenters. The van der Waals surface area contributed by atoms with Crippen LogP contribution in [0.2, 0.25) is 5.02 Å². The predicted molar refractivity (Wildman–Crippen MR) is 122 cm³/mol. The summed E-state index contributed by atoms with van der Waals surface area (Å²) in [5.41, 5.74) is 0.911. The van der Waals surface area contributed by atoms with Crippen molar-refractivity contribution in [3.8, 4) is 17.6 Å². The van der Waals surface area contributed by atoms with Gasteiger partial charge in [-0.2, -0.15) is 10.1 Å². The van der Waals surface area contributed by atoms with Gasteiger partial charge >= 0.3 is 6.01 Å². The Bertz CT molecular complexity index is 1310. The number of rotatable bonds is 7. The molecule has 2 aromatic heterocycles. The number of anilines is 2. The number of aryl methyl sites for hydroxylation is 1. The maximum absolute atomic E-state index is 13.6. The van der Waals surface area contributed by atoms with Gasteiger partial charge in [0.2, 0.25) is 11.8 Å². The highest BCUT2D eigenvalue weighted by Crippen LogP contribution is 2.40. The minimum atomic E-state index is -3.07. The Kier molecular flexibility index (Phi) is 4.50. The van der Waals surface area contributed by atoms with Crippen LogP contribution >= 0.6 is 11.6 Å². The van der Waals surface area contributed by atoms with Crippen molar-refractivity contribution in [3.63, 3.8) is 0 Å². The number of hydrogen-bond acceptors (Lipinski definition) is 8. The fraction of sp³-hybridized carbons (Fsp3) is 0.455. The van der Waals surface area contributed by atoms with E-state index in [0.717, 1.165) is 37.7 Å². The molecule has 1 N–H and O–H groups in total. The molecule has 1 aliphatic carbocycles. The molecule has 0 amide bonds. The number of piperidine rings is 1. The van der Waals surface area contributed by atoms with Crippen molar-refractivity contribution in [2.24, 2.45) is 11.8 Å². The lowest BCUT2D eigenvalue weighted by Crippen LogP contribution is -2.48. The number of hydrogen-bond donors (Lipinski definition) is 1. The molecule has 3 aromatic rings. The monoisotopic (exact) mass is 478 g/mol. The van der Waals surface area contributed by atoms with E-state index in [-0.39, 0.29) is 34.6 Å². The van der Waals surface area contributed by atoms with Gasteiger partial charge in [0.25, 0.3) is 0 Å². The third-order valence-corrected chi connectivity index (χ3v) is 6.39. The molecule has 1 saturated carbocycles. The Morgan fingerprint density at radius 2 is 2.12 bits per heavy atom. The topological polar surface area (TPSA) is 90.2 Å². The lowest BCUT2D eigenvalue weighted by atomic mass is 9.92. The van der Waals surface area contributed by atoms with E-state index in [4.69, 9.17) is 27.9 Å². The maximum Gasteiger partial charge on any atom is 0.322 e. The zero-order valence-electron chi connectivity index (χ0n) is 22.7. The molecule has 11 heteroatoms. The van der Waals surface area contributed by atoms with Crippen LogP contribution in [0.4, 0.5) is 16.0 Å². The van der Waals surface area contributed by atoms with Gasteiger partial charge in [-0.25, -0.2) is 9.07 Å². The van der Waals surface area contributed by atoms with Crippen LogP contribution in [-0.4, -0.2) is 51.2 Å². The van der Waals surface area contributed by atoms with Crippen molar-refractivity contribution < 1.29 is 20.7 Å². The summed E-state index contributed by atoms with van der Waals surface area (Å²) in [6.45, 7) is -4.54. The minimum absolute atomic E-state index is 0.0227. The Hall–Kier alpha value is -3.14. The highest BCUT2D eigenvalue weighted by Gasteiger charge is 2.42. The molecular weight excluding hydrogens is 449 g/mol. The molecule has 174 valence electrons. The summed E-state index contributed by atoms with van der Waals surface area (Å²) in [5.74, 6) is 0.294. The van der Waals surface area contributed by atoms with E-state index in [1.165, 1.54) is 19.2 Å². The van der Waals surface area contributed by atoms with Crippen molar-refractivity contribution in [3.05, 3.63) is 41.3 Å². The molecule has 3 atom stereocenters. The molecule has 5 rings (SSSR count). The normalized spacial score (nSPS) is 24.9. The summed E-state index contributed by atoms with van der Waals surface area (Å²) in [7, 11) is 1.54. The van der Waals surface area contributed by atoms with Crippen molar-refractivity contribution in [2.75, 3.05) is 30.4 Å². The molecule has 0 spiro atoms. The maximum atomic E-state index is 13.6. The van der Waals surface area contributed by atoms with E-state index in [0.29, 0.717) is 10.6 Å². The quantitative estimate of drug-likeness (QED) is 0.544. The summed E-state index contributed by atoms with van der Waals surface area (Å²) >= 11 is 5.84. The predicted octanol–water partition coefficient (Wildman–Crippen LogP) is 4.01. The van der Waals surface area contributed by atoms with Crippen LogP contribution < -0.4 is 19.7 Å². The van der Waals surface area contributed by atoms with Crippen molar-refractivity contribution in [2.45, 2.75) is 32.2 Å². The first-order chi connectivity index (χ1) is 18.0. The number of aromatic nitrogens is 5. The second-order valence-corrected chi connectivity index (χ2v) is 8.46. The summed E-state index contributed by atoms with van der Waals surface area (Å²) in [4.78, 5) is 6.50. The van der Waals surface area contributed by atoms with Crippen molar-refractivity contribution in [1.82, 2.24) is 25.0 Å². The SMILES string of the molecule is [2H]C([2H])([2H])C([2H])([2H])n1nc(NC2[C@@H]3CC[C@H]2CN(c2cnnc(OC)c2)C3)nc1Oc1ccc(F)c(Cl)c1. The Morgan fingerprint density at radius 3 is 2.85 bits per heavy atom. The molecule has 0 radical (unpaired) electrons. The lowest BCUT2D eigenvalue weighted by molar-refractivity contribution is 0.372. The smallest absolute Gasteiger partial charge is 0.322 e. The van der Waals surface area contributed by atoms with E-state index >= 15 is 0 Å². The van der Waals surface area contributed by atoms with E-state index in [1.807, 2.05) is 6.07 Å². The van der Waals surface area contributed by atoms with Crippen LogP contribution in [0.3, 0.4) is 0 Å². The van der Waals surface area contributed by atoms with Gasteiger partial charge in [-0.15, -0.1) is 10.2 Å². The van der Waals surface area contributed by atoms with Gasteiger partial charge in [-0.05, 0) is 43.7 Å². The molecule has 33 heavy (non-hydrogen) atoms. The van der Waals surface area contributed by atoms with Crippen molar-refractivity contribution in [1.29, 1.82) is 0 Å². The second-order valence-electron chi connectivity index (χ2n) is 8.05.